The molecule has 0 aromatic heterocycles. The van der Waals surface area contributed by atoms with E-state index in [1.807, 2.05) is 0 Å². The average molecular weight is 292 g/mol. The first-order chi connectivity index (χ1) is 8.52. The summed E-state index contributed by atoms with van der Waals surface area (Å²) in [4.78, 5) is 22.7. The molecule has 1 aromatic rings. The van der Waals surface area contributed by atoms with Crippen LogP contribution >= 0.6 is 23.4 Å². The van der Waals surface area contributed by atoms with Gasteiger partial charge in [0.1, 0.15) is 6.67 Å². The van der Waals surface area contributed by atoms with Crippen LogP contribution in [-0.2, 0) is 9.59 Å². The molecule has 0 aliphatic carbocycles. The third-order valence-electron chi connectivity index (χ3n) is 1.97. The fraction of sp³-hybridized carbons (Fsp3) is 0.273. The maximum absolute atomic E-state index is 12.3. The van der Waals surface area contributed by atoms with Gasteiger partial charge in [0.15, 0.2) is 6.04 Å². The van der Waals surface area contributed by atoms with Crippen molar-refractivity contribution in [2.24, 2.45) is 0 Å². The lowest BCUT2D eigenvalue weighted by Crippen LogP contribution is -2.43. The molecule has 0 radical (unpaired) electrons. The minimum atomic E-state index is -1.48. The summed E-state index contributed by atoms with van der Waals surface area (Å²) in [5, 5.41) is 11.2. The number of benzene rings is 1. The Morgan fingerprint density at radius 2 is 2.00 bits per heavy atom. The standard InChI is InChI=1S/C11H11ClFNO3S/c12-7-1-3-8(4-2-7)18-6-10(15)14-9(5-13)11(16)17/h1-4,9H,5-6H2,(H,14,15)(H,16,17). The van der Waals surface area contributed by atoms with Crippen molar-refractivity contribution < 1.29 is 19.1 Å². The van der Waals surface area contributed by atoms with Crippen molar-refractivity contribution in [3.63, 3.8) is 0 Å². The Morgan fingerprint density at radius 3 is 2.50 bits per heavy atom. The van der Waals surface area contributed by atoms with E-state index in [0.29, 0.717) is 5.02 Å². The molecule has 0 saturated carbocycles. The van der Waals surface area contributed by atoms with Crippen molar-refractivity contribution in [3.05, 3.63) is 29.3 Å². The van der Waals surface area contributed by atoms with Crippen molar-refractivity contribution in [3.8, 4) is 0 Å². The van der Waals surface area contributed by atoms with Crippen molar-refractivity contribution >= 4 is 35.2 Å². The number of carboxylic acid groups (broad SMARTS) is 1. The van der Waals surface area contributed by atoms with Gasteiger partial charge in [-0.25, -0.2) is 9.18 Å². The molecule has 98 valence electrons. The SMILES string of the molecule is O=C(CSc1ccc(Cl)cc1)NC(CF)C(=O)O. The highest BCUT2D eigenvalue weighted by Crippen LogP contribution is 2.19. The molecular weight excluding hydrogens is 281 g/mol. The van der Waals surface area contributed by atoms with Crippen LogP contribution in [0, 0.1) is 0 Å². The van der Waals surface area contributed by atoms with Crippen LogP contribution in [0.3, 0.4) is 0 Å². The van der Waals surface area contributed by atoms with E-state index in [-0.39, 0.29) is 5.75 Å². The molecule has 0 bridgehead atoms. The highest BCUT2D eigenvalue weighted by molar-refractivity contribution is 8.00. The van der Waals surface area contributed by atoms with Gasteiger partial charge in [0, 0.05) is 9.92 Å². The van der Waals surface area contributed by atoms with Crippen molar-refractivity contribution in [1.82, 2.24) is 5.32 Å². The first-order valence-corrected chi connectivity index (χ1v) is 6.35. The lowest BCUT2D eigenvalue weighted by molar-refractivity contribution is -0.141. The van der Waals surface area contributed by atoms with Crippen molar-refractivity contribution in [1.29, 1.82) is 0 Å². The van der Waals surface area contributed by atoms with Gasteiger partial charge in [-0.05, 0) is 24.3 Å². The second-order valence-corrected chi connectivity index (χ2v) is 4.84. The molecule has 1 unspecified atom stereocenters. The van der Waals surface area contributed by atoms with Gasteiger partial charge in [0.25, 0.3) is 0 Å². The molecule has 7 heteroatoms. The van der Waals surface area contributed by atoms with Crippen LogP contribution in [0.25, 0.3) is 0 Å². The van der Waals surface area contributed by atoms with Crippen LogP contribution in [-0.4, -0.2) is 35.5 Å². The van der Waals surface area contributed by atoms with Crippen LogP contribution < -0.4 is 5.32 Å². The highest BCUT2D eigenvalue weighted by atomic mass is 35.5. The Labute approximate surface area is 113 Å². The molecule has 0 aliphatic heterocycles. The predicted molar refractivity (Wildman–Crippen MR) is 67.7 cm³/mol. The van der Waals surface area contributed by atoms with E-state index < -0.39 is 24.6 Å². The summed E-state index contributed by atoms with van der Waals surface area (Å²) in [7, 11) is 0. The summed E-state index contributed by atoms with van der Waals surface area (Å²) < 4.78 is 12.3. The average Bonchev–Trinajstić information content (AvgIpc) is 2.35. The lowest BCUT2D eigenvalue weighted by Gasteiger charge is -2.10. The van der Waals surface area contributed by atoms with Gasteiger partial charge in [-0.2, -0.15) is 0 Å². The van der Waals surface area contributed by atoms with Gasteiger partial charge in [-0.1, -0.05) is 11.6 Å². The van der Waals surface area contributed by atoms with Gasteiger partial charge in [0.05, 0.1) is 5.75 Å². The summed E-state index contributed by atoms with van der Waals surface area (Å²) in [6.07, 6.45) is 0. The van der Waals surface area contributed by atoms with Crippen LogP contribution in [0.4, 0.5) is 4.39 Å². The van der Waals surface area contributed by atoms with Crippen LogP contribution in [0.5, 0.6) is 0 Å². The first kappa shape index (κ1) is 14.8. The third-order valence-corrected chi connectivity index (χ3v) is 3.24. The van der Waals surface area contributed by atoms with Crippen molar-refractivity contribution in [2.75, 3.05) is 12.4 Å². The van der Waals surface area contributed by atoms with E-state index in [0.717, 1.165) is 4.90 Å². The zero-order valence-electron chi connectivity index (χ0n) is 9.23. The summed E-state index contributed by atoms with van der Waals surface area (Å²) in [6, 6.07) is 5.37. The van der Waals surface area contributed by atoms with E-state index in [9.17, 15) is 14.0 Å². The van der Waals surface area contributed by atoms with Gasteiger partial charge < -0.3 is 10.4 Å². The number of thioether (sulfide) groups is 1. The number of nitrogens with one attached hydrogen (secondary N) is 1. The maximum atomic E-state index is 12.3. The second kappa shape index (κ2) is 7.23. The van der Waals surface area contributed by atoms with Crippen LogP contribution in [0.2, 0.25) is 5.02 Å². The molecule has 18 heavy (non-hydrogen) atoms. The molecule has 0 saturated heterocycles. The van der Waals surface area contributed by atoms with E-state index in [1.165, 1.54) is 11.8 Å². The molecule has 4 nitrogen and oxygen atoms in total. The highest BCUT2D eigenvalue weighted by Gasteiger charge is 2.19. The van der Waals surface area contributed by atoms with Crippen molar-refractivity contribution in [2.45, 2.75) is 10.9 Å². The largest absolute Gasteiger partial charge is 0.480 e. The maximum Gasteiger partial charge on any atom is 0.328 e. The molecule has 0 fully saturated rings. The normalized spacial score (nSPS) is 11.9. The van der Waals surface area contributed by atoms with E-state index in [1.54, 1.807) is 24.3 Å². The third kappa shape index (κ3) is 4.93. The number of halogens is 2. The summed E-state index contributed by atoms with van der Waals surface area (Å²) in [5.41, 5.74) is 0. The molecular formula is C11H11ClFNO3S. The molecule has 1 aromatic carbocycles. The first-order valence-electron chi connectivity index (χ1n) is 4.99. The van der Waals surface area contributed by atoms with Gasteiger partial charge in [-0.3, -0.25) is 4.79 Å². The zero-order chi connectivity index (χ0) is 13.5. The second-order valence-electron chi connectivity index (χ2n) is 3.36. The number of carbonyl (C=O) groups is 2. The summed E-state index contributed by atoms with van der Waals surface area (Å²) >= 11 is 6.92. The number of carbonyl (C=O) groups excluding carboxylic acids is 1. The molecule has 2 N–H and O–H groups in total. The quantitative estimate of drug-likeness (QED) is 0.787. The molecule has 1 amide bonds. The monoisotopic (exact) mass is 291 g/mol. The van der Waals surface area contributed by atoms with E-state index in [2.05, 4.69) is 5.32 Å². The van der Waals surface area contributed by atoms with E-state index >= 15 is 0 Å². The minimum Gasteiger partial charge on any atom is -0.480 e. The van der Waals surface area contributed by atoms with Gasteiger partial charge in [-0.15, -0.1) is 11.8 Å². The van der Waals surface area contributed by atoms with Crippen LogP contribution in [0.15, 0.2) is 29.2 Å². The topological polar surface area (TPSA) is 66.4 Å². The number of hydrogen-bond acceptors (Lipinski definition) is 3. The molecule has 1 rings (SSSR count). The fourth-order valence-corrected chi connectivity index (χ4v) is 1.92. The predicted octanol–water partition coefficient (Wildman–Crippen LogP) is 1.97. The number of amides is 1. The Bertz CT molecular complexity index is 427. The fourth-order valence-electron chi connectivity index (χ4n) is 1.08. The van der Waals surface area contributed by atoms with E-state index in [4.69, 9.17) is 16.7 Å². The molecule has 1 atom stereocenters. The molecule has 0 spiro atoms. The number of alkyl halides is 1. The molecule has 0 aliphatic rings. The number of aliphatic carboxylic acids is 1. The minimum absolute atomic E-state index is 0.0193. The number of hydrogen-bond donors (Lipinski definition) is 2. The number of carboxylic acids is 1. The van der Waals surface area contributed by atoms with Gasteiger partial charge >= 0.3 is 5.97 Å². The summed E-state index contributed by atoms with van der Waals surface area (Å²) in [6.45, 7) is -1.13. The Morgan fingerprint density at radius 1 is 1.39 bits per heavy atom. The zero-order valence-corrected chi connectivity index (χ0v) is 10.8. The summed E-state index contributed by atoms with van der Waals surface area (Å²) in [5.74, 6) is -1.90. The Hall–Kier alpha value is -1.27. The Balaban J connectivity index is 2.41. The smallest absolute Gasteiger partial charge is 0.328 e. The van der Waals surface area contributed by atoms with Gasteiger partial charge in [0.2, 0.25) is 5.91 Å². The number of rotatable bonds is 6. The Kier molecular flexibility index (Phi) is 5.94. The lowest BCUT2D eigenvalue weighted by atomic mass is 10.3. The van der Waals surface area contributed by atoms with Crippen LogP contribution in [0.1, 0.15) is 0 Å². The molecule has 0 heterocycles.